The van der Waals surface area contributed by atoms with Crippen LogP contribution in [0.25, 0.3) is 0 Å². The van der Waals surface area contributed by atoms with E-state index in [0.717, 1.165) is 5.56 Å². The topological polar surface area (TPSA) is 128 Å². The zero-order valence-corrected chi connectivity index (χ0v) is 10.1. The Balaban J connectivity index is 2.03. The lowest BCUT2D eigenvalue weighted by Crippen LogP contribution is -2.07. The molecule has 0 aliphatic carbocycles. The second-order valence-corrected chi connectivity index (χ2v) is 3.97. The quantitative estimate of drug-likeness (QED) is 0.730. The first-order valence-corrected chi connectivity index (χ1v) is 5.63. The summed E-state index contributed by atoms with van der Waals surface area (Å²) in [5.41, 5.74) is 12.2. The molecule has 98 valence electrons. The maximum atomic E-state index is 10.7. The molecule has 0 amide bonds. The molecule has 0 saturated carbocycles. The Kier molecular flexibility index (Phi) is 3.56. The smallest absolute Gasteiger partial charge is 0.335 e. The molecule has 0 fully saturated rings. The minimum atomic E-state index is -0.940. The predicted molar refractivity (Wildman–Crippen MR) is 69.5 cm³/mol. The maximum Gasteiger partial charge on any atom is 0.335 e. The number of nitrogen functional groups attached to an aromatic ring is 2. The zero-order valence-electron chi connectivity index (χ0n) is 10.1. The fourth-order valence-electron chi connectivity index (χ4n) is 1.64. The van der Waals surface area contributed by atoms with Crippen LogP contribution in [-0.2, 0) is 12.8 Å². The van der Waals surface area contributed by atoms with Crippen LogP contribution in [-0.4, -0.2) is 26.0 Å². The van der Waals surface area contributed by atoms with E-state index >= 15 is 0 Å². The number of anilines is 2. The highest BCUT2D eigenvalue weighted by Gasteiger charge is 2.04. The molecule has 19 heavy (non-hydrogen) atoms. The first-order valence-electron chi connectivity index (χ1n) is 5.63. The highest BCUT2D eigenvalue weighted by atomic mass is 16.4. The number of aromatic nitrogens is 3. The Morgan fingerprint density at radius 3 is 2.11 bits per heavy atom. The molecule has 0 bridgehead atoms. The first kappa shape index (κ1) is 12.7. The van der Waals surface area contributed by atoms with Crippen molar-refractivity contribution in [3.63, 3.8) is 0 Å². The number of benzene rings is 1. The zero-order chi connectivity index (χ0) is 13.8. The summed E-state index contributed by atoms with van der Waals surface area (Å²) in [5.74, 6) is -0.218. The van der Waals surface area contributed by atoms with Gasteiger partial charge < -0.3 is 16.6 Å². The number of aromatic carboxylic acids is 1. The molecule has 7 heteroatoms. The monoisotopic (exact) mass is 259 g/mol. The van der Waals surface area contributed by atoms with Gasteiger partial charge in [0, 0.05) is 6.42 Å². The summed E-state index contributed by atoms with van der Waals surface area (Å²) >= 11 is 0. The van der Waals surface area contributed by atoms with Gasteiger partial charge in [0.15, 0.2) is 0 Å². The van der Waals surface area contributed by atoms with E-state index in [-0.39, 0.29) is 17.5 Å². The summed E-state index contributed by atoms with van der Waals surface area (Å²) in [7, 11) is 0. The molecule has 1 heterocycles. The van der Waals surface area contributed by atoms with E-state index in [0.29, 0.717) is 18.7 Å². The summed E-state index contributed by atoms with van der Waals surface area (Å²) in [6, 6.07) is 6.65. The third kappa shape index (κ3) is 3.38. The number of carbonyl (C=O) groups is 1. The fraction of sp³-hybridized carbons (Fsp3) is 0.167. The number of hydrogen-bond donors (Lipinski definition) is 3. The number of rotatable bonds is 4. The standard InChI is InChI=1S/C12H13N5O2/c13-11-15-9(16-12(14)17-11)6-3-7-1-4-8(5-2-7)10(18)19/h1-2,4-5H,3,6H2,(H,18,19)(H4,13,14,15,16,17). The molecule has 0 radical (unpaired) electrons. The van der Waals surface area contributed by atoms with Gasteiger partial charge in [-0.2, -0.15) is 15.0 Å². The van der Waals surface area contributed by atoms with Crippen molar-refractivity contribution in [3.8, 4) is 0 Å². The van der Waals surface area contributed by atoms with Crippen LogP contribution in [0.4, 0.5) is 11.9 Å². The van der Waals surface area contributed by atoms with Crippen molar-refractivity contribution in [1.82, 2.24) is 15.0 Å². The Labute approximate surface area is 109 Å². The van der Waals surface area contributed by atoms with Crippen LogP contribution in [0.5, 0.6) is 0 Å². The van der Waals surface area contributed by atoms with Crippen LogP contribution in [0, 0.1) is 0 Å². The van der Waals surface area contributed by atoms with Gasteiger partial charge in [0.2, 0.25) is 11.9 Å². The second-order valence-electron chi connectivity index (χ2n) is 3.97. The molecule has 0 aliphatic heterocycles. The van der Waals surface area contributed by atoms with Gasteiger partial charge in [-0.1, -0.05) is 12.1 Å². The minimum absolute atomic E-state index is 0.101. The van der Waals surface area contributed by atoms with Crippen LogP contribution in [0.1, 0.15) is 21.7 Å². The van der Waals surface area contributed by atoms with Crippen LogP contribution in [0.15, 0.2) is 24.3 Å². The largest absolute Gasteiger partial charge is 0.478 e. The summed E-state index contributed by atoms with van der Waals surface area (Å²) in [6.07, 6.45) is 1.23. The van der Waals surface area contributed by atoms with Crippen molar-refractivity contribution in [3.05, 3.63) is 41.2 Å². The molecular weight excluding hydrogens is 246 g/mol. The Morgan fingerprint density at radius 2 is 1.58 bits per heavy atom. The highest BCUT2D eigenvalue weighted by Crippen LogP contribution is 2.08. The third-order valence-corrected chi connectivity index (χ3v) is 2.55. The molecule has 5 N–H and O–H groups in total. The van der Waals surface area contributed by atoms with E-state index in [1.165, 1.54) is 0 Å². The maximum absolute atomic E-state index is 10.7. The minimum Gasteiger partial charge on any atom is -0.478 e. The van der Waals surface area contributed by atoms with Crippen LogP contribution in [0.3, 0.4) is 0 Å². The van der Waals surface area contributed by atoms with Crippen molar-refractivity contribution in [1.29, 1.82) is 0 Å². The van der Waals surface area contributed by atoms with Gasteiger partial charge in [-0.3, -0.25) is 0 Å². The number of carboxylic acids is 1. The van der Waals surface area contributed by atoms with Gasteiger partial charge in [-0.25, -0.2) is 4.79 Å². The molecular formula is C12H13N5O2. The second kappa shape index (κ2) is 5.30. The van der Waals surface area contributed by atoms with Gasteiger partial charge in [-0.05, 0) is 24.1 Å². The lowest BCUT2D eigenvalue weighted by molar-refractivity contribution is 0.0697. The first-order chi connectivity index (χ1) is 9.04. The average Bonchev–Trinajstić information content (AvgIpc) is 2.36. The Bertz CT molecular complexity index is 577. The van der Waals surface area contributed by atoms with E-state index in [1.807, 2.05) is 0 Å². The molecule has 2 rings (SSSR count). The molecule has 0 aliphatic rings. The molecule has 0 saturated heterocycles. The van der Waals surface area contributed by atoms with E-state index in [9.17, 15) is 4.79 Å². The normalized spacial score (nSPS) is 10.3. The van der Waals surface area contributed by atoms with Crippen molar-refractivity contribution in [2.75, 3.05) is 11.5 Å². The highest BCUT2D eigenvalue weighted by molar-refractivity contribution is 5.87. The Hall–Kier alpha value is -2.70. The van der Waals surface area contributed by atoms with Crippen LogP contribution < -0.4 is 11.5 Å². The van der Waals surface area contributed by atoms with Gasteiger partial charge in [-0.15, -0.1) is 0 Å². The van der Waals surface area contributed by atoms with Crippen molar-refractivity contribution >= 4 is 17.9 Å². The number of hydrogen-bond acceptors (Lipinski definition) is 6. The number of aryl methyl sites for hydroxylation is 2. The summed E-state index contributed by atoms with van der Waals surface area (Å²) < 4.78 is 0. The lowest BCUT2D eigenvalue weighted by atomic mass is 10.1. The van der Waals surface area contributed by atoms with Gasteiger partial charge in [0.25, 0.3) is 0 Å². The van der Waals surface area contributed by atoms with Gasteiger partial charge in [0.1, 0.15) is 5.82 Å². The average molecular weight is 259 g/mol. The van der Waals surface area contributed by atoms with Crippen molar-refractivity contribution in [2.24, 2.45) is 0 Å². The van der Waals surface area contributed by atoms with E-state index < -0.39 is 5.97 Å². The molecule has 0 spiro atoms. The third-order valence-electron chi connectivity index (χ3n) is 2.55. The summed E-state index contributed by atoms with van der Waals surface area (Å²) in [5, 5.41) is 8.79. The fourth-order valence-corrected chi connectivity index (χ4v) is 1.64. The van der Waals surface area contributed by atoms with Crippen LogP contribution >= 0.6 is 0 Å². The molecule has 7 nitrogen and oxygen atoms in total. The predicted octanol–water partition coefficient (Wildman–Crippen LogP) is 0.519. The molecule has 1 aromatic carbocycles. The van der Waals surface area contributed by atoms with Crippen molar-refractivity contribution in [2.45, 2.75) is 12.8 Å². The van der Waals surface area contributed by atoms with Crippen LogP contribution in [0.2, 0.25) is 0 Å². The number of carboxylic acid groups (broad SMARTS) is 1. The summed E-state index contributed by atoms with van der Waals surface area (Å²) in [6.45, 7) is 0. The number of nitrogens with zero attached hydrogens (tertiary/aromatic N) is 3. The van der Waals surface area contributed by atoms with Gasteiger partial charge >= 0.3 is 5.97 Å². The molecule has 2 aromatic rings. The molecule has 1 aromatic heterocycles. The molecule has 0 unspecified atom stereocenters. The van der Waals surface area contributed by atoms with E-state index in [4.69, 9.17) is 16.6 Å². The number of nitrogens with two attached hydrogens (primary N) is 2. The van der Waals surface area contributed by atoms with Crippen molar-refractivity contribution < 1.29 is 9.90 Å². The summed E-state index contributed by atoms with van der Waals surface area (Å²) in [4.78, 5) is 22.4. The van der Waals surface area contributed by atoms with E-state index in [1.54, 1.807) is 24.3 Å². The lowest BCUT2D eigenvalue weighted by Gasteiger charge is -2.03. The Morgan fingerprint density at radius 1 is 1.00 bits per heavy atom. The SMILES string of the molecule is Nc1nc(N)nc(CCc2ccc(C(=O)O)cc2)n1. The van der Waals surface area contributed by atoms with Gasteiger partial charge in [0.05, 0.1) is 5.56 Å². The van der Waals surface area contributed by atoms with E-state index in [2.05, 4.69) is 15.0 Å². The molecule has 0 atom stereocenters.